The van der Waals surface area contributed by atoms with Crippen LogP contribution in [0, 0.1) is 6.92 Å². The van der Waals surface area contributed by atoms with E-state index in [4.69, 9.17) is 16.6 Å². The highest BCUT2D eigenvalue weighted by atomic mass is 35.5. The van der Waals surface area contributed by atoms with Gasteiger partial charge in [-0.05, 0) is 50.4 Å². The molecule has 1 amide bonds. The van der Waals surface area contributed by atoms with Gasteiger partial charge in [-0.1, -0.05) is 53.3 Å². The van der Waals surface area contributed by atoms with Crippen molar-refractivity contribution in [3.8, 4) is 0 Å². The topological polar surface area (TPSA) is 36.4 Å². The van der Waals surface area contributed by atoms with E-state index >= 15 is 0 Å². The number of hydrogen-bond donors (Lipinski definition) is 0. The minimum Gasteiger partial charge on any atom is -0.308 e. The van der Waals surface area contributed by atoms with Crippen LogP contribution in [-0.2, 0) is 4.79 Å². The Morgan fingerprint density at radius 2 is 1.89 bits per heavy atom. The van der Waals surface area contributed by atoms with Crippen LogP contribution in [0.5, 0.6) is 0 Å². The van der Waals surface area contributed by atoms with Crippen LogP contribution in [0.4, 0.5) is 5.13 Å². The highest BCUT2D eigenvalue weighted by Crippen LogP contribution is 2.33. The van der Waals surface area contributed by atoms with Crippen LogP contribution < -0.4 is 4.90 Å². The van der Waals surface area contributed by atoms with Gasteiger partial charge in [-0.2, -0.15) is 0 Å². The Morgan fingerprint density at radius 3 is 2.57 bits per heavy atom. The van der Waals surface area contributed by atoms with Crippen LogP contribution in [0.25, 0.3) is 16.3 Å². The number of anilines is 1. The van der Waals surface area contributed by atoms with Gasteiger partial charge < -0.3 is 4.90 Å². The Morgan fingerprint density at radius 1 is 1.18 bits per heavy atom. The first kappa shape index (κ1) is 22.4. The summed E-state index contributed by atoms with van der Waals surface area (Å²) in [5.41, 5.74) is 2.90. The fraction of sp³-hybridized carbons (Fsp3) is 0.238. The molecule has 0 N–H and O–H groups in total. The average Bonchev–Trinajstić information content (AvgIpc) is 3.04. The molecule has 0 aliphatic rings. The Hall–Kier alpha value is -1.92. The third kappa shape index (κ3) is 5.55. The van der Waals surface area contributed by atoms with E-state index in [1.807, 2.05) is 69.6 Å². The number of likely N-dealkylation sites (N-methyl/N-ethyl adjacent to an activating group) is 1. The highest BCUT2D eigenvalue weighted by molar-refractivity contribution is 7.22. The van der Waals surface area contributed by atoms with Crippen molar-refractivity contribution in [2.75, 3.05) is 32.1 Å². The number of aryl methyl sites for hydroxylation is 1. The summed E-state index contributed by atoms with van der Waals surface area (Å²) in [4.78, 5) is 21.4. The number of nitrogens with zero attached hydrogens (tertiary/aromatic N) is 3. The first-order valence-corrected chi connectivity index (χ1v) is 9.89. The summed E-state index contributed by atoms with van der Waals surface area (Å²) in [6.45, 7) is 3.30. The predicted molar refractivity (Wildman–Crippen MR) is 123 cm³/mol. The second-order valence-electron chi connectivity index (χ2n) is 6.60. The average molecular weight is 436 g/mol. The largest absolute Gasteiger partial charge is 0.308 e. The molecule has 1 aromatic heterocycles. The molecule has 7 heteroatoms. The summed E-state index contributed by atoms with van der Waals surface area (Å²) in [6.07, 6.45) is 3.44. The van der Waals surface area contributed by atoms with E-state index in [1.165, 1.54) is 11.3 Å². The molecule has 0 saturated heterocycles. The summed E-state index contributed by atoms with van der Waals surface area (Å²) in [6, 6.07) is 13.6. The summed E-state index contributed by atoms with van der Waals surface area (Å²) in [5, 5.41) is 1.38. The van der Waals surface area contributed by atoms with Gasteiger partial charge in [0.1, 0.15) is 0 Å². The van der Waals surface area contributed by atoms with Crippen molar-refractivity contribution in [2.24, 2.45) is 0 Å². The molecule has 4 nitrogen and oxygen atoms in total. The molecule has 0 radical (unpaired) electrons. The standard InChI is InChI=1S/C21H22ClN3OS.ClH/c1-15-13-17(22)14-18-20(15)23-21(27-18)25(12-11-24(2)3)19(26)10-9-16-7-5-4-6-8-16;/h4-10,13-14H,11-12H2,1-3H3;1H. The molecule has 0 saturated carbocycles. The van der Waals surface area contributed by atoms with Crippen molar-refractivity contribution in [2.45, 2.75) is 6.92 Å². The summed E-state index contributed by atoms with van der Waals surface area (Å²) < 4.78 is 0.990. The number of rotatable bonds is 6. The fourth-order valence-corrected chi connectivity index (χ4v) is 4.13. The molecule has 0 aliphatic heterocycles. The van der Waals surface area contributed by atoms with E-state index < -0.39 is 0 Å². The van der Waals surface area contributed by atoms with Gasteiger partial charge in [0.2, 0.25) is 0 Å². The van der Waals surface area contributed by atoms with E-state index in [9.17, 15) is 4.79 Å². The van der Waals surface area contributed by atoms with Crippen LogP contribution in [0.3, 0.4) is 0 Å². The van der Waals surface area contributed by atoms with Gasteiger partial charge in [0.15, 0.2) is 5.13 Å². The maximum Gasteiger partial charge on any atom is 0.252 e. The monoisotopic (exact) mass is 435 g/mol. The van der Waals surface area contributed by atoms with E-state index in [1.54, 1.807) is 11.0 Å². The van der Waals surface area contributed by atoms with E-state index in [0.29, 0.717) is 16.7 Å². The first-order valence-electron chi connectivity index (χ1n) is 8.70. The third-order valence-electron chi connectivity index (χ3n) is 4.12. The maximum atomic E-state index is 12.9. The van der Waals surface area contributed by atoms with Crippen molar-refractivity contribution in [1.82, 2.24) is 9.88 Å². The molecule has 0 unspecified atom stereocenters. The molecule has 28 heavy (non-hydrogen) atoms. The van der Waals surface area contributed by atoms with Crippen molar-refractivity contribution >= 4 is 62.7 Å². The summed E-state index contributed by atoms with van der Waals surface area (Å²) in [5.74, 6) is -0.0801. The summed E-state index contributed by atoms with van der Waals surface area (Å²) in [7, 11) is 3.98. The van der Waals surface area contributed by atoms with Crippen LogP contribution >= 0.6 is 35.3 Å². The third-order valence-corrected chi connectivity index (χ3v) is 5.37. The lowest BCUT2D eigenvalue weighted by atomic mass is 10.2. The molecule has 0 spiro atoms. The van der Waals surface area contributed by atoms with Crippen LogP contribution in [-0.4, -0.2) is 43.0 Å². The van der Waals surface area contributed by atoms with Gasteiger partial charge in [0, 0.05) is 24.2 Å². The summed E-state index contributed by atoms with van der Waals surface area (Å²) >= 11 is 7.67. The Labute approximate surface area is 180 Å². The van der Waals surface area contributed by atoms with Gasteiger partial charge in [-0.25, -0.2) is 4.98 Å². The van der Waals surface area contributed by atoms with Crippen molar-refractivity contribution < 1.29 is 4.79 Å². The van der Waals surface area contributed by atoms with Gasteiger partial charge in [-0.15, -0.1) is 12.4 Å². The van der Waals surface area contributed by atoms with Crippen molar-refractivity contribution in [1.29, 1.82) is 0 Å². The zero-order valence-corrected chi connectivity index (χ0v) is 18.4. The van der Waals surface area contributed by atoms with Crippen LogP contribution in [0.15, 0.2) is 48.5 Å². The Balaban J connectivity index is 0.00000280. The molecule has 0 fully saturated rings. The fourth-order valence-electron chi connectivity index (χ4n) is 2.68. The quantitative estimate of drug-likeness (QED) is 0.493. The minimum atomic E-state index is -0.0801. The van der Waals surface area contributed by atoms with Gasteiger partial charge in [0.25, 0.3) is 5.91 Å². The second-order valence-corrected chi connectivity index (χ2v) is 8.05. The number of thiazole rings is 1. The molecule has 148 valence electrons. The van der Waals surface area contributed by atoms with Crippen LogP contribution in [0.1, 0.15) is 11.1 Å². The number of carbonyl (C=O) groups is 1. The minimum absolute atomic E-state index is 0. The number of benzene rings is 2. The number of aromatic nitrogens is 1. The number of halogens is 2. The van der Waals surface area contributed by atoms with Gasteiger partial charge >= 0.3 is 0 Å². The zero-order chi connectivity index (χ0) is 19.4. The molecule has 0 atom stereocenters. The molecule has 3 aromatic rings. The van der Waals surface area contributed by atoms with Crippen molar-refractivity contribution in [3.05, 3.63) is 64.7 Å². The maximum absolute atomic E-state index is 12.9. The molecule has 1 heterocycles. The Kier molecular flexibility index (Phi) is 8.01. The normalized spacial score (nSPS) is 11.2. The van der Waals surface area contributed by atoms with Crippen LogP contribution in [0.2, 0.25) is 5.02 Å². The number of fused-ring (bicyclic) bond motifs is 1. The highest BCUT2D eigenvalue weighted by Gasteiger charge is 2.19. The lowest BCUT2D eigenvalue weighted by molar-refractivity contribution is -0.114. The lowest BCUT2D eigenvalue weighted by Crippen LogP contribution is -2.35. The first-order chi connectivity index (χ1) is 12.9. The van der Waals surface area contributed by atoms with E-state index in [-0.39, 0.29) is 18.3 Å². The molecule has 0 aliphatic carbocycles. The van der Waals surface area contributed by atoms with Crippen molar-refractivity contribution in [3.63, 3.8) is 0 Å². The smallest absolute Gasteiger partial charge is 0.252 e. The zero-order valence-electron chi connectivity index (χ0n) is 16.1. The van der Waals surface area contributed by atoms with Gasteiger partial charge in [-0.3, -0.25) is 9.69 Å². The molecular weight excluding hydrogens is 413 g/mol. The molecule has 2 aromatic carbocycles. The lowest BCUT2D eigenvalue weighted by Gasteiger charge is -2.20. The Bertz CT molecular complexity index is 970. The number of hydrogen-bond acceptors (Lipinski definition) is 4. The predicted octanol–water partition coefficient (Wildman–Crippen LogP) is 5.29. The molecule has 3 rings (SSSR count). The van der Waals surface area contributed by atoms with Gasteiger partial charge in [0.05, 0.1) is 10.2 Å². The van der Waals surface area contributed by atoms with E-state index in [2.05, 4.69) is 4.90 Å². The van der Waals surface area contributed by atoms with E-state index in [0.717, 1.165) is 27.9 Å². The second kappa shape index (κ2) is 10.0. The molecule has 0 bridgehead atoms. The number of amides is 1. The SMILES string of the molecule is Cc1cc(Cl)cc2sc(N(CCN(C)C)C(=O)C=Cc3ccccc3)nc12.Cl. The molecular formula is C21H23Cl2N3OS. The number of carbonyl (C=O) groups excluding carboxylic acids is 1.